The van der Waals surface area contributed by atoms with Crippen LogP contribution in [-0.2, 0) is 23.5 Å². The molecule has 4 atom stereocenters. The molecule has 0 aliphatic carbocycles. The molecule has 1 aliphatic heterocycles. The monoisotopic (exact) mass is 579 g/mol. The molecule has 9 heteroatoms. The first-order valence-corrected chi connectivity index (χ1v) is 16.6. The second-order valence-corrected chi connectivity index (χ2v) is 16.9. The van der Waals surface area contributed by atoms with E-state index in [2.05, 4.69) is 33.9 Å². The van der Waals surface area contributed by atoms with Gasteiger partial charge in [0.2, 0.25) is 0 Å². The molecule has 0 N–H and O–H groups in total. The van der Waals surface area contributed by atoms with Crippen LogP contribution in [0, 0.1) is 0 Å². The summed E-state index contributed by atoms with van der Waals surface area (Å²) >= 11 is 12.6. The van der Waals surface area contributed by atoms with Gasteiger partial charge in [0.15, 0.2) is 8.32 Å². The first-order valence-electron chi connectivity index (χ1n) is 13.0. The van der Waals surface area contributed by atoms with E-state index in [9.17, 15) is 9.59 Å². The van der Waals surface area contributed by atoms with Gasteiger partial charge in [-0.1, -0.05) is 75.2 Å². The highest BCUT2D eigenvalue weighted by Gasteiger charge is 2.48. The van der Waals surface area contributed by atoms with Crippen LogP contribution in [0.1, 0.15) is 63.8 Å². The first kappa shape index (κ1) is 30.6. The molecule has 1 saturated heterocycles. The lowest BCUT2D eigenvalue weighted by atomic mass is 9.89. The van der Waals surface area contributed by atoms with Crippen LogP contribution in [0.25, 0.3) is 0 Å². The third kappa shape index (κ3) is 6.99. The maximum Gasteiger partial charge on any atom is 0.308 e. The molecule has 0 spiro atoms. The number of hydrogen-bond donors (Lipinski definition) is 0. The summed E-state index contributed by atoms with van der Waals surface area (Å²) in [6, 6.07) is 14.1. The number of rotatable bonds is 9. The van der Waals surface area contributed by atoms with Crippen molar-refractivity contribution >= 4 is 43.4 Å². The smallest absolute Gasteiger partial charge is 0.308 e. The third-order valence-electron chi connectivity index (χ3n) is 7.70. The molecule has 6 nitrogen and oxygen atoms in total. The van der Waals surface area contributed by atoms with Crippen molar-refractivity contribution in [1.82, 2.24) is 4.90 Å². The first-order chi connectivity index (χ1) is 17.8. The molecule has 3 rings (SSSR count). The summed E-state index contributed by atoms with van der Waals surface area (Å²) in [5, 5.41) is 1.17. The van der Waals surface area contributed by atoms with E-state index in [1.807, 2.05) is 54.3 Å². The number of hydrogen-bond acceptors (Lipinski definition) is 5. The van der Waals surface area contributed by atoms with Gasteiger partial charge in [-0.15, -0.1) is 0 Å². The van der Waals surface area contributed by atoms with E-state index < -0.39 is 32.5 Å². The minimum Gasteiger partial charge on any atom is -0.469 e. The second kappa shape index (κ2) is 12.5. The second-order valence-electron chi connectivity index (χ2n) is 11.3. The average Bonchev–Trinajstić information content (AvgIpc) is 2.85. The van der Waals surface area contributed by atoms with Gasteiger partial charge >= 0.3 is 5.97 Å². The highest BCUT2D eigenvalue weighted by atomic mass is 35.5. The molecule has 1 aliphatic rings. The summed E-state index contributed by atoms with van der Waals surface area (Å²) in [7, 11) is -0.788. The van der Waals surface area contributed by atoms with E-state index in [1.165, 1.54) is 7.11 Å². The van der Waals surface area contributed by atoms with Crippen LogP contribution in [0.15, 0.2) is 48.5 Å². The lowest BCUT2D eigenvalue weighted by molar-refractivity contribution is -0.185. The molecule has 1 amide bonds. The van der Waals surface area contributed by atoms with Crippen molar-refractivity contribution in [3.63, 3.8) is 0 Å². The molecule has 1 fully saturated rings. The van der Waals surface area contributed by atoms with Gasteiger partial charge < -0.3 is 18.8 Å². The van der Waals surface area contributed by atoms with Crippen LogP contribution >= 0.6 is 23.2 Å². The molecule has 0 radical (unpaired) electrons. The largest absolute Gasteiger partial charge is 0.469 e. The Balaban J connectivity index is 2.13. The minimum absolute atomic E-state index is 0.0205. The fraction of sp³-hybridized carbons (Fsp3) is 0.517. The molecule has 38 heavy (non-hydrogen) atoms. The zero-order valence-corrected chi connectivity index (χ0v) is 25.8. The summed E-state index contributed by atoms with van der Waals surface area (Å²) in [6.45, 7) is 13.4. The van der Waals surface area contributed by atoms with Crippen LogP contribution in [0.3, 0.4) is 0 Å². The Bertz CT molecular complexity index is 1120. The number of carbonyl (C=O) groups excluding carboxylic acids is 2. The van der Waals surface area contributed by atoms with Crippen molar-refractivity contribution in [2.45, 2.75) is 83.0 Å². The maximum atomic E-state index is 14.1. The lowest BCUT2D eigenvalue weighted by Gasteiger charge is -2.48. The average molecular weight is 581 g/mol. The Morgan fingerprint density at radius 2 is 1.74 bits per heavy atom. The van der Waals surface area contributed by atoms with Gasteiger partial charge in [0, 0.05) is 10.0 Å². The van der Waals surface area contributed by atoms with Gasteiger partial charge in [-0.25, -0.2) is 0 Å². The quantitative estimate of drug-likeness (QED) is 0.229. The van der Waals surface area contributed by atoms with Crippen LogP contribution in [-0.4, -0.2) is 51.0 Å². The molecule has 0 aromatic heterocycles. The Hall–Kier alpha value is -1.90. The molecule has 1 heterocycles. The zero-order valence-electron chi connectivity index (χ0n) is 23.3. The maximum absolute atomic E-state index is 14.1. The van der Waals surface area contributed by atoms with E-state index >= 15 is 0 Å². The number of halogens is 2. The van der Waals surface area contributed by atoms with Crippen LogP contribution in [0.2, 0.25) is 28.2 Å². The molecule has 0 saturated carbocycles. The number of carbonyl (C=O) groups is 2. The van der Waals surface area contributed by atoms with E-state index in [1.54, 1.807) is 6.07 Å². The topological polar surface area (TPSA) is 65.1 Å². The summed E-state index contributed by atoms with van der Waals surface area (Å²) < 4.78 is 17.9. The van der Waals surface area contributed by atoms with Gasteiger partial charge in [-0.05, 0) is 59.9 Å². The standard InChI is InChI=1S/C29H39Cl2NO5Si/c1-8-23(18-36-38(6,7)29(2,3)4)32-26(19-12-14-21(30)15-13-19)27(20-10-9-11-22(31)16-20)37-24(28(32)34)17-25(33)35-5/h9-16,23-24,26-27H,8,17-18H2,1-7H3/t23?,24-,26-,27-/m1/s1. The zero-order chi connectivity index (χ0) is 28.3. The third-order valence-corrected chi connectivity index (χ3v) is 12.7. The summed E-state index contributed by atoms with van der Waals surface area (Å²) in [6.07, 6.45) is -1.10. The van der Waals surface area contributed by atoms with Crippen molar-refractivity contribution in [3.05, 3.63) is 69.7 Å². The Kier molecular flexibility index (Phi) is 10.1. The highest BCUT2D eigenvalue weighted by Crippen LogP contribution is 2.45. The van der Waals surface area contributed by atoms with Gasteiger partial charge in [0.05, 0.1) is 32.2 Å². The van der Waals surface area contributed by atoms with Crippen molar-refractivity contribution in [3.8, 4) is 0 Å². The number of ether oxygens (including phenoxy) is 2. The summed E-state index contributed by atoms with van der Waals surface area (Å²) in [5.41, 5.74) is 1.68. The van der Waals surface area contributed by atoms with Crippen molar-refractivity contribution < 1.29 is 23.5 Å². The van der Waals surface area contributed by atoms with Gasteiger partial charge in [0.1, 0.15) is 12.2 Å². The normalized spacial score (nSPS) is 21.3. The van der Waals surface area contributed by atoms with Gasteiger partial charge in [-0.3, -0.25) is 9.59 Å². The van der Waals surface area contributed by atoms with Crippen LogP contribution in [0.5, 0.6) is 0 Å². The van der Waals surface area contributed by atoms with Crippen molar-refractivity contribution in [1.29, 1.82) is 0 Å². The number of esters is 1. The van der Waals surface area contributed by atoms with Crippen LogP contribution in [0.4, 0.5) is 0 Å². The molecular formula is C29H39Cl2NO5Si. The Morgan fingerprint density at radius 3 is 2.29 bits per heavy atom. The summed E-state index contributed by atoms with van der Waals surface area (Å²) in [4.78, 5) is 28.2. The number of benzene rings is 2. The molecule has 1 unspecified atom stereocenters. The van der Waals surface area contributed by atoms with E-state index in [-0.39, 0.29) is 23.4 Å². The molecule has 208 valence electrons. The Labute approximate surface area is 237 Å². The number of amides is 1. The van der Waals surface area contributed by atoms with Gasteiger partial charge in [-0.2, -0.15) is 0 Å². The fourth-order valence-electron chi connectivity index (χ4n) is 4.39. The number of nitrogens with zero attached hydrogens (tertiary/aromatic N) is 1. The van der Waals surface area contributed by atoms with E-state index in [0.29, 0.717) is 23.1 Å². The van der Waals surface area contributed by atoms with Crippen LogP contribution < -0.4 is 0 Å². The van der Waals surface area contributed by atoms with Crippen molar-refractivity contribution in [2.75, 3.05) is 13.7 Å². The van der Waals surface area contributed by atoms with E-state index in [4.69, 9.17) is 37.1 Å². The number of morpholine rings is 1. The number of methoxy groups -OCH3 is 1. The van der Waals surface area contributed by atoms with E-state index in [0.717, 1.165) is 11.1 Å². The molecule has 0 bridgehead atoms. The van der Waals surface area contributed by atoms with Gasteiger partial charge in [0.25, 0.3) is 5.91 Å². The molecule has 2 aromatic rings. The minimum atomic E-state index is -2.09. The van der Waals surface area contributed by atoms with Crippen molar-refractivity contribution in [2.24, 2.45) is 0 Å². The lowest BCUT2D eigenvalue weighted by Crippen LogP contribution is -2.57. The highest BCUT2D eigenvalue weighted by molar-refractivity contribution is 6.74. The predicted octanol–water partition coefficient (Wildman–Crippen LogP) is 7.37. The molecular weight excluding hydrogens is 541 g/mol. The molecule has 2 aromatic carbocycles. The SMILES string of the molecule is CCC(CO[Si](C)(C)C(C)(C)C)N1C(=O)[C@@H](CC(=O)OC)O[C@H](c2cccc(Cl)c2)[C@H]1c1ccc(Cl)cc1. The predicted molar refractivity (Wildman–Crippen MR) is 154 cm³/mol. The Morgan fingerprint density at radius 1 is 1.08 bits per heavy atom. The summed E-state index contributed by atoms with van der Waals surface area (Å²) in [5.74, 6) is -0.775. The fourth-order valence-corrected chi connectivity index (χ4v) is 5.76.